The van der Waals surface area contributed by atoms with Crippen molar-refractivity contribution in [3.05, 3.63) is 29.8 Å². The van der Waals surface area contributed by atoms with Crippen LogP contribution in [-0.2, 0) is 11.2 Å². The van der Waals surface area contributed by atoms with Crippen molar-refractivity contribution in [3.8, 4) is 0 Å². The van der Waals surface area contributed by atoms with Gasteiger partial charge in [0.05, 0.1) is 6.61 Å². The Balaban J connectivity index is 2.09. The third-order valence-corrected chi connectivity index (χ3v) is 3.56. The number of nitrogens with zero attached hydrogens (tertiary/aromatic N) is 1. The second kappa shape index (κ2) is 6.21. The Hall–Kier alpha value is -1.06. The highest BCUT2D eigenvalue weighted by Gasteiger charge is 2.23. The highest BCUT2D eigenvalue weighted by atomic mass is 16.5. The van der Waals surface area contributed by atoms with Gasteiger partial charge in [-0.3, -0.25) is 0 Å². The standard InChI is InChI=1S/C15H24N2O/c1-12(16)9-14-5-3-4-6-15(14)17-8-7-13(10-17)11-18-2/h3-6,12-13H,7-11,16H2,1-2H3. The van der Waals surface area contributed by atoms with Crippen LogP contribution in [0.5, 0.6) is 0 Å². The second-order valence-corrected chi connectivity index (χ2v) is 5.37. The molecule has 2 N–H and O–H groups in total. The summed E-state index contributed by atoms with van der Waals surface area (Å²) >= 11 is 0. The zero-order chi connectivity index (χ0) is 13.0. The van der Waals surface area contributed by atoms with Gasteiger partial charge in [0.1, 0.15) is 0 Å². The van der Waals surface area contributed by atoms with E-state index in [9.17, 15) is 0 Å². The first-order chi connectivity index (χ1) is 8.70. The van der Waals surface area contributed by atoms with Crippen molar-refractivity contribution in [3.63, 3.8) is 0 Å². The van der Waals surface area contributed by atoms with Gasteiger partial charge < -0.3 is 15.4 Å². The van der Waals surface area contributed by atoms with E-state index < -0.39 is 0 Å². The first kappa shape index (κ1) is 13.4. The maximum Gasteiger partial charge on any atom is 0.0508 e. The lowest BCUT2D eigenvalue weighted by molar-refractivity contribution is 0.161. The molecule has 0 spiro atoms. The third-order valence-electron chi connectivity index (χ3n) is 3.56. The van der Waals surface area contributed by atoms with Crippen LogP contribution in [0.2, 0.25) is 0 Å². The number of hydrogen-bond acceptors (Lipinski definition) is 3. The van der Waals surface area contributed by atoms with E-state index in [0.717, 1.165) is 26.1 Å². The highest BCUT2D eigenvalue weighted by Crippen LogP contribution is 2.27. The third kappa shape index (κ3) is 3.24. The minimum Gasteiger partial charge on any atom is -0.384 e. The fourth-order valence-corrected chi connectivity index (χ4v) is 2.76. The van der Waals surface area contributed by atoms with Gasteiger partial charge in [0, 0.05) is 37.8 Å². The van der Waals surface area contributed by atoms with Gasteiger partial charge >= 0.3 is 0 Å². The van der Waals surface area contributed by atoms with Gasteiger partial charge in [0.15, 0.2) is 0 Å². The Morgan fingerprint density at radius 1 is 1.44 bits per heavy atom. The fraction of sp³-hybridized carbons (Fsp3) is 0.600. The van der Waals surface area contributed by atoms with Crippen LogP contribution < -0.4 is 10.6 Å². The van der Waals surface area contributed by atoms with Crippen LogP contribution in [0.1, 0.15) is 18.9 Å². The average Bonchev–Trinajstić information content (AvgIpc) is 2.78. The Bertz CT molecular complexity index is 379. The maximum absolute atomic E-state index is 5.93. The van der Waals surface area contributed by atoms with Gasteiger partial charge in [-0.25, -0.2) is 0 Å². The van der Waals surface area contributed by atoms with E-state index in [2.05, 4.69) is 36.1 Å². The van der Waals surface area contributed by atoms with Crippen molar-refractivity contribution in [2.24, 2.45) is 11.7 Å². The molecular weight excluding hydrogens is 224 g/mol. The molecular formula is C15H24N2O. The molecule has 100 valence electrons. The number of anilines is 1. The van der Waals surface area contributed by atoms with Crippen molar-refractivity contribution >= 4 is 5.69 Å². The summed E-state index contributed by atoms with van der Waals surface area (Å²) in [5.74, 6) is 0.665. The molecule has 18 heavy (non-hydrogen) atoms. The van der Waals surface area contributed by atoms with E-state index in [1.807, 2.05) is 0 Å². The molecule has 3 nitrogen and oxygen atoms in total. The lowest BCUT2D eigenvalue weighted by Crippen LogP contribution is -2.24. The first-order valence-corrected chi connectivity index (χ1v) is 6.78. The number of nitrogens with two attached hydrogens (primary N) is 1. The number of para-hydroxylation sites is 1. The molecule has 1 aliphatic rings. The van der Waals surface area contributed by atoms with E-state index in [1.54, 1.807) is 7.11 Å². The Morgan fingerprint density at radius 3 is 2.94 bits per heavy atom. The van der Waals surface area contributed by atoms with Crippen LogP contribution >= 0.6 is 0 Å². The van der Waals surface area contributed by atoms with Crippen LogP contribution in [0, 0.1) is 5.92 Å². The average molecular weight is 248 g/mol. The SMILES string of the molecule is COCC1CCN(c2ccccc2CC(C)N)C1. The summed E-state index contributed by atoms with van der Waals surface area (Å²) in [5, 5.41) is 0. The summed E-state index contributed by atoms with van der Waals surface area (Å²) in [7, 11) is 1.78. The van der Waals surface area contributed by atoms with Crippen LogP contribution in [0.25, 0.3) is 0 Å². The van der Waals surface area contributed by atoms with Gasteiger partial charge in [-0.2, -0.15) is 0 Å². The smallest absolute Gasteiger partial charge is 0.0508 e. The summed E-state index contributed by atoms with van der Waals surface area (Å²) in [6, 6.07) is 8.84. The summed E-state index contributed by atoms with van der Waals surface area (Å²) in [4.78, 5) is 2.47. The zero-order valence-electron chi connectivity index (χ0n) is 11.4. The first-order valence-electron chi connectivity index (χ1n) is 6.78. The van der Waals surface area contributed by atoms with Crippen molar-refractivity contribution < 1.29 is 4.74 Å². The van der Waals surface area contributed by atoms with E-state index >= 15 is 0 Å². The molecule has 0 radical (unpaired) electrons. The molecule has 1 aromatic rings. The molecule has 1 fully saturated rings. The quantitative estimate of drug-likeness (QED) is 0.866. The molecule has 1 aliphatic heterocycles. The van der Waals surface area contributed by atoms with Gasteiger partial charge in [-0.15, -0.1) is 0 Å². The maximum atomic E-state index is 5.93. The van der Waals surface area contributed by atoms with E-state index in [0.29, 0.717) is 5.92 Å². The minimum atomic E-state index is 0.212. The number of benzene rings is 1. The van der Waals surface area contributed by atoms with Gasteiger partial charge in [0.2, 0.25) is 0 Å². The van der Waals surface area contributed by atoms with Crippen LogP contribution in [0.3, 0.4) is 0 Å². The van der Waals surface area contributed by atoms with Crippen LogP contribution in [-0.4, -0.2) is 32.8 Å². The predicted octanol–water partition coefficient (Wildman–Crippen LogP) is 2.05. The number of ether oxygens (including phenoxy) is 1. The van der Waals surface area contributed by atoms with E-state index in [-0.39, 0.29) is 6.04 Å². The summed E-state index contributed by atoms with van der Waals surface area (Å²) in [5.41, 5.74) is 8.65. The second-order valence-electron chi connectivity index (χ2n) is 5.37. The van der Waals surface area contributed by atoms with Crippen molar-refractivity contribution in [1.29, 1.82) is 0 Å². The molecule has 1 heterocycles. The Morgan fingerprint density at radius 2 is 2.22 bits per heavy atom. The van der Waals surface area contributed by atoms with Gasteiger partial charge in [-0.1, -0.05) is 18.2 Å². The van der Waals surface area contributed by atoms with Gasteiger partial charge in [0.25, 0.3) is 0 Å². The lowest BCUT2D eigenvalue weighted by atomic mass is 10.0. The number of methoxy groups -OCH3 is 1. The molecule has 2 unspecified atom stereocenters. The van der Waals surface area contributed by atoms with Crippen molar-refractivity contribution in [2.75, 3.05) is 31.7 Å². The molecule has 2 rings (SSSR count). The fourth-order valence-electron chi connectivity index (χ4n) is 2.76. The number of hydrogen-bond donors (Lipinski definition) is 1. The minimum absolute atomic E-state index is 0.212. The molecule has 3 heteroatoms. The lowest BCUT2D eigenvalue weighted by Gasteiger charge is -2.23. The molecule has 0 amide bonds. The Labute approximate surface area is 110 Å². The summed E-state index contributed by atoms with van der Waals surface area (Å²) in [6.45, 7) is 5.16. The molecule has 2 atom stereocenters. The Kier molecular flexibility index (Phi) is 4.61. The van der Waals surface area contributed by atoms with E-state index in [1.165, 1.54) is 17.7 Å². The molecule has 0 aliphatic carbocycles. The molecule has 0 aromatic heterocycles. The molecule has 0 saturated carbocycles. The van der Waals surface area contributed by atoms with Gasteiger partial charge in [-0.05, 0) is 31.4 Å². The molecule has 0 bridgehead atoms. The normalized spacial score (nSPS) is 21.3. The predicted molar refractivity (Wildman–Crippen MR) is 76.0 cm³/mol. The van der Waals surface area contributed by atoms with Crippen LogP contribution in [0.4, 0.5) is 5.69 Å². The molecule has 1 aromatic carbocycles. The highest BCUT2D eigenvalue weighted by molar-refractivity contribution is 5.54. The monoisotopic (exact) mass is 248 g/mol. The van der Waals surface area contributed by atoms with Crippen molar-refractivity contribution in [2.45, 2.75) is 25.8 Å². The topological polar surface area (TPSA) is 38.5 Å². The zero-order valence-corrected chi connectivity index (χ0v) is 11.4. The summed E-state index contributed by atoms with van der Waals surface area (Å²) in [6.07, 6.45) is 2.17. The van der Waals surface area contributed by atoms with E-state index in [4.69, 9.17) is 10.5 Å². The number of rotatable bonds is 5. The summed E-state index contributed by atoms with van der Waals surface area (Å²) < 4.78 is 5.26. The molecule has 1 saturated heterocycles. The van der Waals surface area contributed by atoms with Crippen molar-refractivity contribution in [1.82, 2.24) is 0 Å². The largest absolute Gasteiger partial charge is 0.384 e. The van der Waals surface area contributed by atoms with Crippen LogP contribution in [0.15, 0.2) is 24.3 Å².